The summed E-state index contributed by atoms with van der Waals surface area (Å²) in [6.45, 7) is 4.80. The van der Waals surface area contributed by atoms with Crippen LogP contribution in [0.2, 0.25) is 0 Å². The fourth-order valence-electron chi connectivity index (χ4n) is 2.94. The minimum Gasteiger partial charge on any atom is -0.337 e. The number of carbonyl (C=O) groups excluding carboxylic acids is 1. The monoisotopic (exact) mass is 330 g/mol. The zero-order chi connectivity index (χ0) is 16.2. The average Bonchev–Trinajstić information content (AvgIpc) is 2.95. The van der Waals surface area contributed by atoms with Crippen molar-refractivity contribution in [3.05, 3.63) is 46.2 Å². The molecule has 5 nitrogen and oxygen atoms in total. The number of piperazine rings is 1. The lowest BCUT2D eigenvalue weighted by atomic mass is 10.1. The van der Waals surface area contributed by atoms with Crippen LogP contribution in [0.5, 0.6) is 0 Å². The highest BCUT2D eigenvalue weighted by atomic mass is 32.1. The molecule has 122 valence electrons. The van der Waals surface area contributed by atoms with Crippen LogP contribution in [-0.4, -0.2) is 58.4 Å². The molecule has 0 bridgehead atoms. The minimum absolute atomic E-state index is 0.181. The Kier molecular flexibility index (Phi) is 5.03. The Morgan fingerprint density at radius 2 is 2.22 bits per heavy atom. The zero-order valence-electron chi connectivity index (χ0n) is 13.6. The summed E-state index contributed by atoms with van der Waals surface area (Å²) in [5.74, 6) is 0.181. The second kappa shape index (κ2) is 7.19. The number of carbonyl (C=O) groups is 1. The maximum atomic E-state index is 12.5. The first kappa shape index (κ1) is 16.1. The van der Waals surface area contributed by atoms with Crippen molar-refractivity contribution in [2.45, 2.75) is 25.8 Å². The van der Waals surface area contributed by atoms with Crippen LogP contribution in [0.1, 0.15) is 23.3 Å². The van der Waals surface area contributed by atoms with E-state index in [1.54, 1.807) is 17.5 Å². The molecule has 0 radical (unpaired) electrons. The number of rotatable bonds is 4. The maximum Gasteiger partial charge on any atom is 0.228 e. The summed E-state index contributed by atoms with van der Waals surface area (Å²) < 4.78 is 0. The van der Waals surface area contributed by atoms with Crippen LogP contribution in [0.25, 0.3) is 0 Å². The number of thiazole rings is 1. The second-order valence-corrected chi connectivity index (χ2v) is 7.05. The molecule has 0 aromatic carbocycles. The van der Waals surface area contributed by atoms with Gasteiger partial charge in [0.15, 0.2) is 0 Å². The highest BCUT2D eigenvalue weighted by molar-refractivity contribution is 7.09. The third kappa shape index (κ3) is 4.14. The molecular weight excluding hydrogens is 308 g/mol. The molecule has 1 aliphatic rings. The summed E-state index contributed by atoms with van der Waals surface area (Å²) in [7, 11) is 2.10. The molecule has 3 rings (SSSR count). The minimum atomic E-state index is 0.181. The van der Waals surface area contributed by atoms with E-state index in [0.717, 1.165) is 42.5 Å². The van der Waals surface area contributed by atoms with Crippen molar-refractivity contribution in [2.75, 3.05) is 26.7 Å². The molecule has 1 saturated heterocycles. The lowest BCUT2D eigenvalue weighted by Gasteiger charge is -2.38. The van der Waals surface area contributed by atoms with Gasteiger partial charge in [0.25, 0.3) is 0 Å². The van der Waals surface area contributed by atoms with Gasteiger partial charge in [0.05, 0.1) is 17.1 Å². The fraction of sp³-hybridized carbons (Fsp3) is 0.471. The zero-order valence-corrected chi connectivity index (χ0v) is 14.4. The normalized spacial score (nSPS) is 19.0. The molecule has 1 aliphatic heterocycles. The van der Waals surface area contributed by atoms with Gasteiger partial charge in [0.1, 0.15) is 0 Å². The summed E-state index contributed by atoms with van der Waals surface area (Å²) in [4.78, 5) is 25.7. The molecule has 1 amide bonds. The molecular formula is C17H22N4OS. The topological polar surface area (TPSA) is 49.3 Å². The number of hydrogen-bond donors (Lipinski definition) is 0. The van der Waals surface area contributed by atoms with Crippen LogP contribution in [0.4, 0.5) is 0 Å². The summed E-state index contributed by atoms with van der Waals surface area (Å²) in [6, 6.07) is 6.16. The van der Waals surface area contributed by atoms with Gasteiger partial charge in [0, 0.05) is 49.4 Å². The molecule has 0 N–H and O–H groups in total. The van der Waals surface area contributed by atoms with Crippen molar-refractivity contribution >= 4 is 17.2 Å². The van der Waals surface area contributed by atoms with Gasteiger partial charge in [-0.15, -0.1) is 11.3 Å². The number of pyridine rings is 1. The largest absolute Gasteiger partial charge is 0.337 e. The molecule has 0 spiro atoms. The van der Waals surface area contributed by atoms with Crippen LogP contribution < -0.4 is 0 Å². The summed E-state index contributed by atoms with van der Waals surface area (Å²) in [6.07, 6.45) is 2.92. The van der Waals surface area contributed by atoms with Crippen molar-refractivity contribution in [3.63, 3.8) is 0 Å². The van der Waals surface area contributed by atoms with Crippen LogP contribution in [0.15, 0.2) is 29.8 Å². The van der Waals surface area contributed by atoms with Gasteiger partial charge in [-0.1, -0.05) is 6.07 Å². The van der Waals surface area contributed by atoms with Crippen LogP contribution in [0.3, 0.4) is 0 Å². The van der Waals surface area contributed by atoms with Crippen LogP contribution in [0, 0.1) is 0 Å². The Bertz CT molecular complexity index is 658. The highest BCUT2D eigenvalue weighted by Gasteiger charge is 2.26. The molecule has 1 unspecified atom stereocenters. The smallest absolute Gasteiger partial charge is 0.228 e. The first-order chi connectivity index (χ1) is 11.1. The Labute approximate surface area is 141 Å². The van der Waals surface area contributed by atoms with Crippen LogP contribution in [-0.2, 0) is 17.6 Å². The molecule has 6 heteroatoms. The molecule has 23 heavy (non-hydrogen) atoms. The number of aromatic nitrogens is 2. The van der Waals surface area contributed by atoms with E-state index in [2.05, 4.69) is 28.8 Å². The van der Waals surface area contributed by atoms with Gasteiger partial charge in [-0.3, -0.25) is 9.78 Å². The average molecular weight is 330 g/mol. The van der Waals surface area contributed by atoms with Gasteiger partial charge in [-0.25, -0.2) is 4.98 Å². The van der Waals surface area contributed by atoms with Gasteiger partial charge < -0.3 is 9.80 Å². The van der Waals surface area contributed by atoms with Gasteiger partial charge >= 0.3 is 0 Å². The molecule has 2 aromatic rings. The van der Waals surface area contributed by atoms with E-state index in [0.29, 0.717) is 6.42 Å². The van der Waals surface area contributed by atoms with Gasteiger partial charge in [-0.05, 0) is 26.1 Å². The maximum absolute atomic E-state index is 12.5. The number of amides is 1. The quantitative estimate of drug-likeness (QED) is 0.858. The highest BCUT2D eigenvalue weighted by Crippen LogP contribution is 2.16. The Morgan fingerprint density at radius 3 is 2.96 bits per heavy atom. The fourth-order valence-corrected chi connectivity index (χ4v) is 3.74. The van der Waals surface area contributed by atoms with E-state index in [4.69, 9.17) is 0 Å². The van der Waals surface area contributed by atoms with Crippen molar-refractivity contribution in [2.24, 2.45) is 0 Å². The molecule has 2 aromatic heterocycles. The molecule has 0 saturated carbocycles. The summed E-state index contributed by atoms with van der Waals surface area (Å²) in [5, 5.41) is 3.01. The number of hydrogen-bond acceptors (Lipinski definition) is 5. The van der Waals surface area contributed by atoms with E-state index in [1.165, 1.54) is 0 Å². The third-order valence-corrected chi connectivity index (χ3v) is 5.04. The van der Waals surface area contributed by atoms with E-state index in [9.17, 15) is 4.79 Å². The van der Waals surface area contributed by atoms with Crippen molar-refractivity contribution < 1.29 is 4.79 Å². The van der Waals surface area contributed by atoms with E-state index >= 15 is 0 Å². The Balaban J connectivity index is 1.59. The second-order valence-electron chi connectivity index (χ2n) is 6.11. The number of nitrogens with zero attached hydrogens (tertiary/aromatic N) is 4. The predicted molar refractivity (Wildman–Crippen MR) is 91.5 cm³/mol. The summed E-state index contributed by atoms with van der Waals surface area (Å²) >= 11 is 1.60. The predicted octanol–water partition coefficient (Wildman–Crippen LogP) is 1.83. The van der Waals surface area contributed by atoms with Gasteiger partial charge in [-0.2, -0.15) is 0 Å². The first-order valence-corrected chi connectivity index (χ1v) is 8.81. The number of likely N-dealkylation sites (N-methyl/N-ethyl adjacent to an activating group) is 1. The molecule has 3 heterocycles. The van der Waals surface area contributed by atoms with E-state index in [-0.39, 0.29) is 11.9 Å². The van der Waals surface area contributed by atoms with E-state index < -0.39 is 0 Å². The Morgan fingerprint density at radius 1 is 1.35 bits per heavy atom. The van der Waals surface area contributed by atoms with Crippen molar-refractivity contribution in [3.8, 4) is 0 Å². The first-order valence-electron chi connectivity index (χ1n) is 7.93. The molecule has 0 aliphatic carbocycles. The van der Waals surface area contributed by atoms with Crippen molar-refractivity contribution in [1.29, 1.82) is 0 Å². The summed E-state index contributed by atoms with van der Waals surface area (Å²) in [5.41, 5.74) is 1.88. The Hall–Kier alpha value is -1.79. The standard InChI is InChI=1S/C17H22N4OS/c1-13-11-20(2)7-8-21(13)17(22)10-15-12-23-16(19-15)9-14-5-3-4-6-18-14/h3-6,12-13H,7-11H2,1-2H3. The lowest BCUT2D eigenvalue weighted by molar-refractivity contribution is -0.134. The molecule has 1 fully saturated rings. The van der Waals surface area contributed by atoms with Crippen molar-refractivity contribution in [1.82, 2.24) is 19.8 Å². The van der Waals surface area contributed by atoms with Crippen LogP contribution >= 0.6 is 11.3 Å². The SMILES string of the molecule is CC1CN(C)CCN1C(=O)Cc1csc(Cc2ccccn2)n1. The van der Waals surface area contributed by atoms with Gasteiger partial charge in [0.2, 0.25) is 5.91 Å². The third-order valence-electron chi connectivity index (χ3n) is 4.14. The lowest BCUT2D eigenvalue weighted by Crippen LogP contribution is -2.53. The van der Waals surface area contributed by atoms with E-state index in [1.807, 2.05) is 28.5 Å². The molecule has 1 atom stereocenters.